The first kappa shape index (κ1) is 21.0. The molecule has 32 heavy (non-hydrogen) atoms. The van der Waals surface area contributed by atoms with E-state index in [9.17, 15) is 0 Å². The molecule has 0 bridgehead atoms. The first-order valence-corrected chi connectivity index (χ1v) is 12.4. The second kappa shape index (κ2) is 9.33. The molecule has 0 radical (unpaired) electrons. The van der Waals surface area contributed by atoms with Gasteiger partial charge in [0.1, 0.15) is 10.0 Å². The Morgan fingerprint density at radius 3 is 2.91 bits per heavy atom. The maximum atomic E-state index is 9.11. The average Bonchev–Trinajstić information content (AvgIpc) is 3.53. The molecule has 11 heteroatoms. The monoisotopic (exact) mass is 481 g/mol. The van der Waals surface area contributed by atoms with Crippen LogP contribution in [-0.4, -0.2) is 46.4 Å². The van der Waals surface area contributed by atoms with Crippen LogP contribution in [0.25, 0.3) is 16.9 Å². The van der Waals surface area contributed by atoms with Gasteiger partial charge in [-0.05, 0) is 42.7 Å². The third kappa shape index (κ3) is 4.51. The lowest BCUT2D eigenvalue weighted by atomic mass is 10.3. The van der Waals surface area contributed by atoms with Gasteiger partial charge in [0.05, 0.1) is 30.4 Å². The molecule has 4 aromatic heterocycles. The number of nitrogens with one attached hydrogen (secondary N) is 2. The fraction of sp³-hybridized carbons (Fsp3) is 0.143. The zero-order valence-electron chi connectivity index (χ0n) is 17.0. The molecule has 5 aromatic rings. The van der Waals surface area contributed by atoms with Crippen molar-refractivity contribution >= 4 is 51.5 Å². The van der Waals surface area contributed by atoms with E-state index in [0.717, 1.165) is 42.4 Å². The number of nitrogens with zero attached hydrogens (tertiary/aromatic N) is 5. The molecule has 0 aliphatic rings. The van der Waals surface area contributed by atoms with Crippen molar-refractivity contribution in [1.29, 1.82) is 0 Å². The number of aliphatic hydroxyl groups excluding tert-OH is 1. The Bertz CT molecular complexity index is 1350. The van der Waals surface area contributed by atoms with Gasteiger partial charge in [0.15, 0.2) is 11.5 Å². The molecule has 0 saturated heterocycles. The molecule has 0 fully saturated rings. The lowest BCUT2D eigenvalue weighted by Crippen LogP contribution is -2.00. The molecule has 0 saturated carbocycles. The van der Waals surface area contributed by atoms with E-state index in [-0.39, 0.29) is 6.61 Å². The Labute approximate surface area is 196 Å². The summed E-state index contributed by atoms with van der Waals surface area (Å²) in [5.41, 5.74) is 3.55. The minimum Gasteiger partial charge on any atom is -0.396 e. The predicted molar refractivity (Wildman–Crippen MR) is 129 cm³/mol. The average molecular weight is 482 g/mol. The second-order valence-corrected chi connectivity index (χ2v) is 9.93. The highest BCUT2D eigenvalue weighted by atomic mass is 32.2. The summed E-state index contributed by atoms with van der Waals surface area (Å²) in [5.74, 6) is 1.34. The summed E-state index contributed by atoms with van der Waals surface area (Å²) in [6.07, 6.45) is 7.44. The number of H-pyrrole nitrogens is 1. The van der Waals surface area contributed by atoms with E-state index in [1.54, 1.807) is 29.7 Å². The molecule has 0 aliphatic heterocycles. The van der Waals surface area contributed by atoms with Gasteiger partial charge in [0.2, 0.25) is 0 Å². The summed E-state index contributed by atoms with van der Waals surface area (Å²) in [5, 5.41) is 21.2. The third-order valence-corrected chi connectivity index (χ3v) is 7.19. The number of hydrogen-bond donors (Lipinski definition) is 3. The molecule has 0 spiro atoms. The summed E-state index contributed by atoms with van der Waals surface area (Å²) in [4.78, 5) is 11.7. The fourth-order valence-electron chi connectivity index (χ4n) is 3.15. The first-order valence-electron chi connectivity index (χ1n) is 9.79. The number of aliphatic hydroxyl groups is 1. The largest absolute Gasteiger partial charge is 0.396 e. The zero-order chi connectivity index (χ0) is 21.9. The van der Waals surface area contributed by atoms with Crippen LogP contribution < -0.4 is 5.32 Å². The molecular formula is C21H19N7OS3. The number of rotatable bonds is 8. The second-order valence-electron chi connectivity index (χ2n) is 6.86. The van der Waals surface area contributed by atoms with Crippen LogP contribution >= 0.6 is 35.1 Å². The van der Waals surface area contributed by atoms with Crippen LogP contribution in [0, 0.1) is 6.92 Å². The molecule has 8 nitrogen and oxygen atoms in total. The number of aryl methyl sites for hydroxylation is 1. The van der Waals surface area contributed by atoms with Crippen molar-refractivity contribution < 1.29 is 5.11 Å². The maximum absolute atomic E-state index is 9.11. The van der Waals surface area contributed by atoms with Gasteiger partial charge in [0, 0.05) is 33.5 Å². The van der Waals surface area contributed by atoms with Crippen LogP contribution in [0.1, 0.15) is 5.69 Å². The number of anilines is 2. The summed E-state index contributed by atoms with van der Waals surface area (Å²) in [6, 6.07) is 10.2. The smallest absolute Gasteiger partial charge is 0.181 e. The number of hydrogen-bond acceptors (Lipinski definition) is 9. The predicted octanol–water partition coefficient (Wildman–Crippen LogP) is 4.86. The first-order chi connectivity index (χ1) is 15.7. The van der Waals surface area contributed by atoms with Crippen molar-refractivity contribution in [3.8, 4) is 11.3 Å². The fourth-order valence-corrected chi connectivity index (χ4v) is 5.47. The molecule has 5 rings (SSSR count). The molecule has 0 amide bonds. The highest BCUT2D eigenvalue weighted by Crippen LogP contribution is 2.34. The number of thioether (sulfide) groups is 1. The topological polar surface area (TPSA) is 104 Å². The molecule has 1 aromatic carbocycles. The van der Waals surface area contributed by atoms with Gasteiger partial charge < -0.3 is 10.4 Å². The Morgan fingerprint density at radius 2 is 2.12 bits per heavy atom. The third-order valence-electron chi connectivity index (χ3n) is 4.52. The normalized spacial score (nSPS) is 11.3. The van der Waals surface area contributed by atoms with Crippen LogP contribution in [-0.2, 0) is 0 Å². The highest BCUT2D eigenvalue weighted by molar-refractivity contribution is 8.00. The van der Waals surface area contributed by atoms with Gasteiger partial charge >= 0.3 is 0 Å². The summed E-state index contributed by atoms with van der Waals surface area (Å²) in [6.45, 7) is 2.12. The van der Waals surface area contributed by atoms with Crippen molar-refractivity contribution in [3.63, 3.8) is 0 Å². The Morgan fingerprint density at radius 1 is 1.22 bits per heavy atom. The van der Waals surface area contributed by atoms with Crippen molar-refractivity contribution in [2.45, 2.75) is 21.7 Å². The summed E-state index contributed by atoms with van der Waals surface area (Å²) >= 11 is 4.60. The van der Waals surface area contributed by atoms with Crippen molar-refractivity contribution in [2.75, 3.05) is 17.7 Å². The molecule has 0 atom stereocenters. The highest BCUT2D eigenvalue weighted by Gasteiger charge is 2.15. The molecule has 0 aliphatic carbocycles. The van der Waals surface area contributed by atoms with Crippen LogP contribution in [0.2, 0.25) is 0 Å². The lowest BCUT2D eigenvalue weighted by Gasteiger charge is -2.10. The minimum atomic E-state index is 0.157. The van der Waals surface area contributed by atoms with E-state index in [1.165, 1.54) is 11.5 Å². The van der Waals surface area contributed by atoms with Gasteiger partial charge in [-0.1, -0.05) is 17.8 Å². The lowest BCUT2D eigenvalue weighted by molar-refractivity contribution is 0.322. The van der Waals surface area contributed by atoms with E-state index < -0.39 is 0 Å². The Kier molecular flexibility index (Phi) is 6.12. The van der Waals surface area contributed by atoms with Crippen molar-refractivity contribution in [1.82, 2.24) is 28.9 Å². The van der Waals surface area contributed by atoms with Crippen molar-refractivity contribution in [3.05, 3.63) is 60.8 Å². The van der Waals surface area contributed by atoms with Gasteiger partial charge in [-0.3, -0.25) is 9.50 Å². The van der Waals surface area contributed by atoms with Crippen LogP contribution in [0.4, 0.5) is 10.8 Å². The van der Waals surface area contributed by atoms with E-state index in [0.29, 0.717) is 11.6 Å². The quantitative estimate of drug-likeness (QED) is 0.270. The molecule has 4 heterocycles. The Hall–Kier alpha value is -2.86. The van der Waals surface area contributed by atoms with Crippen LogP contribution in [0.15, 0.2) is 69.9 Å². The van der Waals surface area contributed by atoms with E-state index in [1.807, 2.05) is 48.1 Å². The molecular weight excluding hydrogens is 462 g/mol. The van der Waals surface area contributed by atoms with E-state index in [4.69, 9.17) is 10.1 Å². The van der Waals surface area contributed by atoms with Gasteiger partial charge in [-0.25, -0.2) is 9.97 Å². The zero-order valence-corrected chi connectivity index (χ0v) is 19.5. The van der Waals surface area contributed by atoms with Gasteiger partial charge in [-0.15, -0.1) is 11.8 Å². The number of aromatic amines is 1. The maximum Gasteiger partial charge on any atom is 0.181 e. The van der Waals surface area contributed by atoms with E-state index in [2.05, 4.69) is 37.0 Å². The van der Waals surface area contributed by atoms with Crippen LogP contribution in [0.3, 0.4) is 0 Å². The number of benzene rings is 1. The number of aromatic nitrogens is 6. The minimum absolute atomic E-state index is 0.157. The standard InChI is InChI=1S/C21H19N7OS3/c1-13-7-18(32-27-13)25-20-21-22-11-17(14-9-23-24-10-14)28(21)12-19(26-20)31-16-4-2-3-15(8-16)30-6-5-29/h2-4,7-12,29H,5-6H2,1H3,(H,23,24)(H,25,26). The molecule has 0 unspecified atom stereocenters. The molecule has 162 valence electrons. The number of imidazole rings is 1. The molecule has 3 N–H and O–H groups in total. The van der Waals surface area contributed by atoms with E-state index >= 15 is 0 Å². The number of fused-ring (bicyclic) bond motifs is 1. The van der Waals surface area contributed by atoms with Crippen LogP contribution in [0.5, 0.6) is 0 Å². The SMILES string of the molecule is Cc1cc(Nc2nc(Sc3cccc(SCCO)c3)cn3c(-c4cn[nH]c4)cnc23)sn1. The van der Waals surface area contributed by atoms with Gasteiger partial charge in [-0.2, -0.15) is 9.47 Å². The summed E-state index contributed by atoms with van der Waals surface area (Å²) in [7, 11) is 0. The summed E-state index contributed by atoms with van der Waals surface area (Å²) < 4.78 is 6.38. The van der Waals surface area contributed by atoms with Crippen molar-refractivity contribution in [2.24, 2.45) is 0 Å². The Balaban J connectivity index is 1.55. The van der Waals surface area contributed by atoms with Gasteiger partial charge in [0.25, 0.3) is 0 Å².